The van der Waals surface area contributed by atoms with Crippen LogP contribution >= 0.6 is 31.9 Å². The molecule has 4 nitrogen and oxygen atoms in total. The van der Waals surface area contributed by atoms with E-state index >= 15 is 0 Å². The standard InChI is InChI=1S/C14H11Br2FN2O2/c1-21-13-6-12(9(15)5-10(13)16)19-14(20)8-3-2-7(17)4-11(8)18/h2-6H,18H2,1H3,(H,19,20). The molecule has 21 heavy (non-hydrogen) atoms. The molecule has 0 aliphatic carbocycles. The molecule has 0 bridgehead atoms. The van der Waals surface area contributed by atoms with Crippen LogP contribution in [0.15, 0.2) is 39.3 Å². The molecular weight excluding hydrogens is 407 g/mol. The van der Waals surface area contributed by atoms with Gasteiger partial charge in [0, 0.05) is 16.2 Å². The lowest BCUT2D eigenvalue weighted by atomic mass is 10.1. The van der Waals surface area contributed by atoms with Gasteiger partial charge in [-0.25, -0.2) is 4.39 Å². The molecule has 110 valence electrons. The molecule has 0 aromatic heterocycles. The summed E-state index contributed by atoms with van der Waals surface area (Å²) in [7, 11) is 1.53. The number of benzene rings is 2. The molecule has 0 aliphatic heterocycles. The first-order chi connectivity index (χ1) is 9.92. The Bertz CT molecular complexity index is 708. The second-order valence-electron chi connectivity index (χ2n) is 4.15. The third-order valence-electron chi connectivity index (χ3n) is 2.75. The van der Waals surface area contributed by atoms with E-state index in [0.717, 1.165) is 10.5 Å². The minimum atomic E-state index is -0.490. The maximum Gasteiger partial charge on any atom is 0.257 e. The number of nitrogens with one attached hydrogen (secondary N) is 1. The number of hydrogen-bond donors (Lipinski definition) is 2. The maximum atomic E-state index is 13.0. The lowest BCUT2D eigenvalue weighted by molar-refractivity contribution is 0.102. The summed E-state index contributed by atoms with van der Waals surface area (Å²) < 4.78 is 19.6. The Morgan fingerprint density at radius 1 is 1.24 bits per heavy atom. The van der Waals surface area contributed by atoms with Crippen molar-refractivity contribution in [2.75, 3.05) is 18.2 Å². The highest BCUT2D eigenvalue weighted by Crippen LogP contribution is 2.34. The summed E-state index contributed by atoms with van der Waals surface area (Å²) >= 11 is 6.69. The van der Waals surface area contributed by atoms with Crippen LogP contribution in [0, 0.1) is 5.82 Å². The number of ether oxygens (including phenoxy) is 1. The molecule has 0 radical (unpaired) electrons. The molecule has 0 saturated carbocycles. The van der Waals surface area contributed by atoms with Crippen molar-refractivity contribution < 1.29 is 13.9 Å². The van der Waals surface area contributed by atoms with Crippen LogP contribution in [0.5, 0.6) is 5.75 Å². The van der Waals surface area contributed by atoms with E-state index in [-0.39, 0.29) is 11.3 Å². The van der Waals surface area contributed by atoms with Gasteiger partial charge in [-0.15, -0.1) is 0 Å². The van der Waals surface area contributed by atoms with Crippen molar-refractivity contribution >= 4 is 49.1 Å². The van der Waals surface area contributed by atoms with Crippen molar-refractivity contribution in [3.05, 3.63) is 50.7 Å². The van der Waals surface area contributed by atoms with Crippen molar-refractivity contribution in [3.8, 4) is 5.75 Å². The first-order valence-corrected chi connectivity index (χ1v) is 7.40. The lowest BCUT2D eigenvalue weighted by Gasteiger charge is -2.12. The van der Waals surface area contributed by atoms with Crippen LogP contribution in [-0.2, 0) is 0 Å². The minimum absolute atomic E-state index is 0.0766. The molecule has 0 unspecified atom stereocenters. The quantitative estimate of drug-likeness (QED) is 0.735. The van der Waals surface area contributed by atoms with E-state index in [1.54, 1.807) is 12.1 Å². The number of nitrogens with two attached hydrogens (primary N) is 1. The van der Waals surface area contributed by atoms with Crippen LogP contribution in [0.25, 0.3) is 0 Å². The molecule has 0 fully saturated rings. The molecule has 0 atom stereocenters. The molecule has 0 saturated heterocycles. The van der Waals surface area contributed by atoms with Crippen molar-refractivity contribution in [2.24, 2.45) is 0 Å². The molecule has 1 amide bonds. The Hall–Kier alpha value is -1.60. The van der Waals surface area contributed by atoms with Crippen LogP contribution in [0.4, 0.5) is 15.8 Å². The molecule has 0 spiro atoms. The van der Waals surface area contributed by atoms with Crippen LogP contribution in [0.1, 0.15) is 10.4 Å². The SMILES string of the molecule is COc1cc(NC(=O)c2ccc(F)cc2N)c(Br)cc1Br. The van der Waals surface area contributed by atoms with E-state index in [4.69, 9.17) is 10.5 Å². The molecule has 2 aromatic carbocycles. The third-order valence-corrected chi connectivity index (χ3v) is 4.02. The summed E-state index contributed by atoms with van der Waals surface area (Å²) in [6, 6.07) is 7.03. The number of methoxy groups -OCH3 is 1. The summed E-state index contributed by atoms with van der Waals surface area (Å²) in [5.74, 6) is -0.353. The number of halogens is 3. The fraction of sp³-hybridized carbons (Fsp3) is 0.0714. The molecule has 2 rings (SSSR count). The predicted octanol–water partition coefficient (Wildman–Crippen LogP) is 4.19. The highest BCUT2D eigenvalue weighted by molar-refractivity contribution is 9.11. The topological polar surface area (TPSA) is 64.3 Å². The van der Waals surface area contributed by atoms with Gasteiger partial charge in [0.05, 0.1) is 22.8 Å². The van der Waals surface area contributed by atoms with E-state index in [2.05, 4.69) is 37.2 Å². The average Bonchev–Trinajstić information content (AvgIpc) is 2.41. The summed E-state index contributed by atoms with van der Waals surface area (Å²) in [4.78, 5) is 12.2. The zero-order valence-corrected chi connectivity index (χ0v) is 14.1. The average molecular weight is 418 g/mol. The number of carbonyl (C=O) groups is 1. The van der Waals surface area contributed by atoms with E-state index < -0.39 is 11.7 Å². The van der Waals surface area contributed by atoms with Gasteiger partial charge in [-0.1, -0.05) is 0 Å². The maximum absolute atomic E-state index is 13.0. The van der Waals surface area contributed by atoms with Gasteiger partial charge < -0.3 is 15.8 Å². The third kappa shape index (κ3) is 3.54. The Labute approximate surface area is 137 Å². The first kappa shape index (κ1) is 15.8. The van der Waals surface area contributed by atoms with Crippen molar-refractivity contribution in [2.45, 2.75) is 0 Å². The molecule has 3 N–H and O–H groups in total. The summed E-state index contributed by atoms with van der Waals surface area (Å²) in [6.07, 6.45) is 0. The van der Waals surface area contributed by atoms with Gasteiger partial charge in [0.2, 0.25) is 0 Å². The first-order valence-electron chi connectivity index (χ1n) is 5.81. The van der Waals surface area contributed by atoms with Crippen molar-refractivity contribution in [1.29, 1.82) is 0 Å². The Morgan fingerprint density at radius 2 is 1.95 bits per heavy atom. The number of hydrogen-bond acceptors (Lipinski definition) is 3. The normalized spacial score (nSPS) is 10.3. The fourth-order valence-corrected chi connectivity index (χ4v) is 2.97. The lowest BCUT2D eigenvalue weighted by Crippen LogP contribution is -2.14. The number of nitrogen functional groups attached to an aromatic ring is 1. The summed E-state index contributed by atoms with van der Waals surface area (Å²) in [6.45, 7) is 0. The smallest absolute Gasteiger partial charge is 0.257 e. The Balaban J connectivity index is 2.31. The zero-order chi connectivity index (χ0) is 15.6. The monoisotopic (exact) mass is 416 g/mol. The van der Waals surface area contributed by atoms with Crippen molar-refractivity contribution in [3.63, 3.8) is 0 Å². The van der Waals surface area contributed by atoms with Crippen molar-refractivity contribution in [1.82, 2.24) is 0 Å². The van der Waals surface area contributed by atoms with E-state index in [9.17, 15) is 9.18 Å². The summed E-state index contributed by atoms with van der Waals surface area (Å²) in [5.41, 5.74) is 6.44. The van der Waals surface area contributed by atoms with Gasteiger partial charge >= 0.3 is 0 Å². The molecular formula is C14H11Br2FN2O2. The second kappa shape index (κ2) is 6.44. The van der Waals surface area contributed by atoms with E-state index in [0.29, 0.717) is 15.9 Å². The number of amides is 1. The molecule has 0 aliphatic rings. The van der Waals surface area contributed by atoms with E-state index in [1.165, 1.54) is 19.2 Å². The Morgan fingerprint density at radius 3 is 2.57 bits per heavy atom. The van der Waals surface area contributed by atoms with Gasteiger partial charge in [0.1, 0.15) is 11.6 Å². The van der Waals surface area contributed by atoms with Crippen LogP contribution in [0.2, 0.25) is 0 Å². The van der Waals surface area contributed by atoms with Crippen LogP contribution in [-0.4, -0.2) is 13.0 Å². The number of carbonyl (C=O) groups excluding carboxylic acids is 1. The highest BCUT2D eigenvalue weighted by atomic mass is 79.9. The molecule has 2 aromatic rings. The predicted molar refractivity (Wildman–Crippen MR) is 87.2 cm³/mol. The second-order valence-corrected chi connectivity index (χ2v) is 5.86. The highest BCUT2D eigenvalue weighted by Gasteiger charge is 2.14. The largest absolute Gasteiger partial charge is 0.495 e. The number of rotatable bonds is 3. The van der Waals surface area contributed by atoms with Crippen LogP contribution < -0.4 is 15.8 Å². The van der Waals surface area contributed by atoms with E-state index in [1.807, 2.05) is 0 Å². The van der Waals surface area contributed by atoms with Gasteiger partial charge in [0.15, 0.2) is 0 Å². The zero-order valence-electron chi connectivity index (χ0n) is 10.9. The van der Waals surface area contributed by atoms with Crippen LogP contribution in [0.3, 0.4) is 0 Å². The van der Waals surface area contributed by atoms with Gasteiger partial charge in [-0.05, 0) is 56.1 Å². The Kier molecular flexibility index (Phi) is 4.84. The minimum Gasteiger partial charge on any atom is -0.495 e. The number of anilines is 2. The van der Waals surface area contributed by atoms with Gasteiger partial charge in [-0.2, -0.15) is 0 Å². The fourth-order valence-electron chi connectivity index (χ4n) is 1.71. The molecule has 0 heterocycles. The summed E-state index contributed by atoms with van der Waals surface area (Å²) in [5, 5.41) is 2.70. The van der Waals surface area contributed by atoms with Gasteiger partial charge in [0.25, 0.3) is 5.91 Å². The molecule has 7 heteroatoms. The van der Waals surface area contributed by atoms with Gasteiger partial charge in [-0.3, -0.25) is 4.79 Å².